The van der Waals surface area contributed by atoms with Crippen LogP contribution in [0.1, 0.15) is 27.0 Å². The third-order valence-electron chi connectivity index (χ3n) is 5.61. The van der Waals surface area contributed by atoms with Crippen LogP contribution in [0, 0.1) is 6.92 Å². The summed E-state index contributed by atoms with van der Waals surface area (Å²) in [5.41, 5.74) is 0.0200. The molecule has 0 amide bonds. The van der Waals surface area contributed by atoms with Crippen molar-refractivity contribution in [2.24, 2.45) is 0 Å². The van der Waals surface area contributed by atoms with Gasteiger partial charge in [0.05, 0.1) is 20.3 Å². The topological polar surface area (TPSA) is 132 Å². The highest BCUT2D eigenvalue weighted by Crippen LogP contribution is 2.52. The molecule has 0 radical (unpaired) electrons. The molecule has 0 spiro atoms. The zero-order chi connectivity index (χ0) is 27.2. The van der Waals surface area contributed by atoms with Gasteiger partial charge in [-0.05, 0) is 30.2 Å². The van der Waals surface area contributed by atoms with E-state index in [1.54, 1.807) is 42.5 Å². The number of esters is 1. The molecule has 3 aromatic rings. The first kappa shape index (κ1) is 27.9. The van der Waals surface area contributed by atoms with Gasteiger partial charge in [-0.3, -0.25) is 18.7 Å². The molecule has 0 saturated heterocycles. The average molecular weight is 530 g/mol. The second-order valence-corrected chi connectivity index (χ2v) is 10.2. The molecule has 37 heavy (non-hydrogen) atoms. The predicted molar refractivity (Wildman–Crippen MR) is 134 cm³/mol. The number of aryl methyl sites for hydroxylation is 1. The molecule has 0 aliphatic carbocycles. The number of carbonyl (C=O) groups excluding carboxylic acids is 2. The van der Waals surface area contributed by atoms with Crippen LogP contribution < -0.4 is 11.2 Å². The SMILES string of the molecule is COC(=O)C(OCc1ccccc1Cn1cc(C)c(=O)n(C(=O)c2ccccc2)c1=O)P(=O)(OC)OC. The summed E-state index contributed by atoms with van der Waals surface area (Å²) in [6, 6.07) is 14.9. The molecule has 0 aliphatic heterocycles. The van der Waals surface area contributed by atoms with Gasteiger partial charge in [0.25, 0.3) is 17.3 Å². The third kappa shape index (κ3) is 6.03. The highest BCUT2D eigenvalue weighted by atomic mass is 31.2. The minimum Gasteiger partial charge on any atom is -0.467 e. The van der Waals surface area contributed by atoms with Crippen molar-refractivity contribution >= 4 is 19.5 Å². The molecule has 11 nitrogen and oxygen atoms in total. The van der Waals surface area contributed by atoms with E-state index in [0.29, 0.717) is 15.7 Å². The molecule has 0 aliphatic rings. The van der Waals surface area contributed by atoms with E-state index in [9.17, 15) is 23.7 Å². The lowest BCUT2D eigenvalue weighted by atomic mass is 10.1. The zero-order valence-electron chi connectivity index (χ0n) is 20.8. The second kappa shape index (κ2) is 12.1. The number of carbonyl (C=O) groups is 2. The Labute approximate surface area is 212 Å². The standard InChI is InChI=1S/C25H27N2O9P/c1-17-14-26(25(31)27(21(17)28)22(29)18-10-6-5-7-11-18)15-19-12-8-9-13-20(19)16-36-24(23(30)33-2)37(32,34-3)35-4/h5-14,24H,15-16H2,1-4H3. The van der Waals surface area contributed by atoms with Crippen molar-refractivity contribution in [2.75, 3.05) is 21.3 Å². The molecule has 3 rings (SSSR count). The van der Waals surface area contributed by atoms with Crippen molar-refractivity contribution < 1.29 is 32.7 Å². The summed E-state index contributed by atoms with van der Waals surface area (Å²) in [6.45, 7) is 1.29. The molecular formula is C25H27N2O9P. The van der Waals surface area contributed by atoms with E-state index in [-0.39, 0.29) is 24.3 Å². The van der Waals surface area contributed by atoms with Crippen LogP contribution in [-0.2, 0) is 41.0 Å². The summed E-state index contributed by atoms with van der Waals surface area (Å²) in [4.78, 5) is 51.1. The fraction of sp³-hybridized carbons (Fsp3) is 0.280. The van der Waals surface area contributed by atoms with Crippen LogP contribution in [0.3, 0.4) is 0 Å². The van der Waals surface area contributed by atoms with Crippen LogP contribution in [0.25, 0.3) is 0 Å². The first-order chi connectivity index (χ1) is 17.7. The third-order valence-corrected chi connectivity index (χ3v) is 7.56. The van der Waals surface area contributed by atoms with Crippen molar-refractivity contribution in [3.63, 3.8) is 0 Å². The summed E-state index contributed by atoms with van der Waals surface area (Å²) in [5.74, 6) is -3.32. The number of methoxy groups -OCH3 is 1. The Morgan fingerprint density at radius 1 is 0.919 bits per heavy atom. The molecule has 0 N–H and O–H groups in total. The highest BCUT2D eigenvalue weighted by Gasteiger charge is 2.42. The number of benzene rings is 2. The van der Waals surface area contributed by atoms with Gasteiger partial charge in [-0.1, -0.05) is 42.5 Å². The lowest BCUT2D eigenvalue weighted by Gasteiger charge is -2.23. The van der Waals surface area contributed by atoms with Crippen molar-refractivity contribution in [2.45, 2.75) is 25.9 Å². The number of nitrogens with zero attached hydrogens (tertiary/aromatic N) is 2. The Bertz CT molecular complexity index is 1440. The molecule has 1 heterocycles. The fourth-order valence-electron chi connectivity index (χ4n) is 3.60. The molecule has 0 fully saturated rings. The maximum absolute atomic E-state index is 13.2. The summed E-state index contributed by atoms with van der Waals surface area (Å²) < 4.78 is 34.7. The first-order valence-corrected chi connectivity index (χ1v) is 12.7. The minimum absolute atomic E-state index is 0.0172. The van der Waals surface area contributed by atoms with E-state index in [1.165, 1.54) is 29.8 Å². The Morgan fingerprint density at radius 2 is 1.51 bits per heavy atom. The number of hydrogen-bond donors (Lipinski definition) is 0. The van der Waals surface area contributed by atoms with Crippen LogP contribution in [0.2, 0.25) is 0 Å². The van der Waals surface area contributed by atoms with Gasteiger partial charge in [-0.15, -0.1) is 0 Å². The molecule has 196 valence electrons. The Hall–Kier alpha value is -3.63. The highest BCUT2D eigenvalue weighted by molar-refractivity contribution is 7.55. The van der Waals surface area contributed by atoms with Crippen molar-refractivity contribution in [3.8, 4) is 0 Å². The first-order valence-electron chi connectivity index (χ1n) is 11.1. The quantitative estimate of drug-likeness (QED) is 0.287. The summed E-state index contributed by atoms with van der Waals surface area (Å²) >= 11 is 0. The molecular weight excluding hydrogens is 503 g/mol. The maximum atomic E-state index is 13.2. The van der Waals surface area contributed by atoms with Gasteiger partial charge in [-0.2, -0.15) is 4.57 Å². The van der Waals surface area contributed by atoms with E-state index in [1.807, 2.05) is 0 Å². The summed E-state index contributed by atoms with van der Waals surface area (Å²) in [6.07, 6.45) is 1.37. The second-order valence-electron chi connectivity index (χ2n) is 7.89. The van der Waals surface area contributed by atoms with Gasteiger partial charge in [0, 0.05) is 31.5 Å². The lowest BCUT2D eigenvalue weighted by molar-refractivity contribution is -0.150. The molecule has 12 heteroatoms. The van der Waals surface area contributed by atoms with Crippen molar-refractivity contribution in [1.82, 2.24) is 9.13 Å². The van der Waals surface area contributed by atoms with Crippen LogP contribution in [0.5, 0.6) is 0 Å². The Morgan fingerprint density at radius 3 is 2.11 bits per heavy atom. The molecule has 1 aromatic heterocycles. The lowest BCUT2D eigenvalue weighted by Crippen LogP contribution is -2.44. The fourth-order valence-corrected chi connectivity index (χ4v) is 4.75. The van der Waals surface area contributed by atoms with Crippen LogP contribution in [0.4, 0.5) is 0 Å². The molecule has 2 aromatic carbocycles. The maximum Gasteiger partial charge on any atom is 0.370 e. The molecule has 1 atom stereocenters. The minimum atomic E-state index is -3.98. The van der Waals surface area contributed by atoms with Gasteiger partial charge in [-0.25, -0.2) is 9.59 Å². The zero-order valence-corrected chi connectivity index (χ0v) is 21.7. The predicted octanol–water partition coefficient (Wildman–Crippen LogP) is 2.56. The average Bonchev–Trinajstić information content (AvgIpc) is 2.92. The van der Waals surface area contributed by atoms with E-state index in [4.69, 9.17) is 13.8 Å². The van der Waals surface area contributed by atoms with E-state index in [2.05, 4.69) is 4.74 Å². The monoisotopic (exact) mass is 530 g/mol. The van der Waals surface area contributed by atoms with Gasteiger partial charge in [0.1, 0.15) is 0 Å². The molecule has 1 unspecified atom stereocenters. The molecule has 0 saturated carbocycles. The number of rotatable bonds is 10. The normalized spacial score (nSPS) is 12.2. The van der Waals surface area contributed by atoms with Crippen molar-refractivity contribution in [3.05, 3.63) is 104 Å². The van der Waals surface area contributed by atoms with Crippen LogP contribution in [0.15, 0.2) is 70.4 Å². The smallest absolute Gasteiger partial charge is 0.370 e. The van der Waals surface area contributed by atoms with Crippen LogP contribution >= 0.6 is 7.60 Å². The van der Waals surface area contributed by atoms with Gasteiger partial charge >= 0.3 is 19.3 Å². The van der Waals surface area contributed by atoms with Crippen molar-refractivity contribution in [1.29, 1.82) is 0 Å². The van der Waals surface area contributed by atoms with Crippen LogP contribution in [-0.4, -0.2) is 48.2 Å². The largest absolute Gasteiger partial charge is 0.467 e. The van der Waals surface area contributed by atoms with Gasteiger partial charge < -0.3 is 18.5 Å². The Kier molecular flexibility index (Phi) is 9.12. The summed E-state index contributed by atoms with van der Waals surface area (Å²) in [5, 5.41) is 0. The van der Waals surface area contributed by atoms with E-state index >= 15 is 0 Å². The number of aromatic nitrogens is 2. The number of ether oxygens (including phenoxy) is 2. The van der Waals surface area contributed by atoms with E-state index < -0.39 is 36.6 Å². The molecule has 0 bridgehead atoms. The van der Waals surface area contributed by atoms with E-state index in [0.717, 1.165) is 21.3 Å². The van der Waals surface area contributed by atoms with Gasteiger partial charge in [0.2, 0.25) is 0 Å². The Balaban J connectivity index is 1.96. The number of hydrogen-bond acceptors (Lipinski definition) is 9. The summed E-state index contributed by atoms with van der Waals surface area (Å²) in [7, 11) is -0.617. The van der Waals surface area contributed by atoms with Gasteiger partial charge in [0.15, 0.2) is 0 Å².